The number of nitrogens with one attached hydrogen (secondary N) is 1. The number of likely N-dealkylation sites (tertiary alicyclic amines) is 1. The largest absolute Gasteiger partial charge is 0.339 e. The average molecular weight is 427 g/mol. The van der Waals surface area contributed by atoms with Gasteiger partial charge < -0.3 is 4.90 Å². The van der Waals surface area contributed by atoms with Crippen molar-refractivity contribution >= 4 is 44.8 Å². The predicted octanol–water partition coefficient (Wildman–Crippen LogP) is 4.73. The Morgan fingerprint density at radius 3 is 2.26 bits per heavy atom. The zero-order valence-corrected chi connectivity index (χ0v) is 17.2. The number of rotatable bonds is 4. The van der Waals surface area contributed by atoms with Gasteiger partial charge in [0.25, 0.3) is 15.9 Å². The molecule has 0 saturated carbocycles. The molecule has 1 heterocycles. The maximum absolute atomic E-state index is 12.8. The highest BCUT2D eigenvalue weighted by molar-refractivity contribution is 7.92. The molecule has 3 rings (SSSR count). The van der Waals surface area contributed by atoms with E-state index >= 15 is 0 Å². The van der Waals surface area contributed by atoms with Crippen LogP contribution >= 0.6 is 23.2 Å². The van der Waals surface area contributed by atoms with Gasteiger partial charge in [-0.25, -0.2) is 8.42 Å². The summed E-state index contributed by atoms with van der Waals surface area (Å²) in [5.41, 5.74) is 1.41. The maximum Gasteiger partial charge on any atom is 0.261 e. The van der Waals surface area contributed by atoms with E-state index in [4.69, 9.17) is 23.2 Å². The molecule has 1 fully saturated rings. The summed E-state index contributed by atoms with van der Waals surface area (Å²) in [4.78, 5) is 14.6. The first-order valence-electron chi connectivity index (χ1n) is 8.65. The van der Waals surface area contributed by atoms with Crippen LogP contribution in [0.3, 0.4) is 0 Å². The number of hydrogen-bond acceptors (Lipinski definition) is 3. The van der Waals surface area contributed by atoms with Gasteiger partial charge in [-0.05, 0) is 62.1 Å². The van der Waals surface area contributed by atoms with Crippen LogP contribution in [0.1, 0.15) is 35.2 Å². The van der Waals surface area contributed by atoms with Gasteiger partial charge in [0, 0.05) is 28.7 Å². The molecular weight excluding hydrogens is 407 g/mol. The fraction of sp³-hybridized carbons (Fsp3) is 0.316. The van der Waals surface area contributed by atoms with Crippen LogP contribution in [0.4, 0.5) is 5.69 Å². The Hall–Kier alpha value is -1.76. The van der Waals surface area contributed by atoms with Crippen LogP contribution in [0.2, 0.25) is 10.0 Å². The third-order valence-electron chi connectivity index (χ3n) is 4.51. The molecule has 2 aromatic carbocycles. The molecule has 144 valence electrons. The Morgan fingerprint density at radius 2 is 1.63 bits per heavy atom. The summed E-state index contributed by atoms with van der Waals surface area (Å²) in [5, 5.41) is 0.648. The number of sulfonamides is 1. The van der Waals surface area contributed by atoms with E-state index in [1.54, 1.807) is 17.9 Å². The van der Waals surface area contributed by atoms with Crippen LogP contribution in [-0.2, 0) is 10.0 Å². The number of amides is 1. The topological polar surface area (TPSA) is 66.5 Å². The number of hydrogen-bond donors (Lipinski definition) is 1. The van der Waals surface area contributed by atoms with Crippen molar-refractivity contribution in [2.45, 2.75) is 31.1 Å². The van der Waals surface area contributed by atoms with Crippen LogP contribution in [0, 0.1) is 6.92 Å². The van der Waals surface area contributed by atoms with Gasteiger partial charge in [-0.15, -0.1) is 0 Å². The molecule has 27 heavy (non-hydrogen) atoms. The molecule has 0 unspecified atom stereocenters. The molecule has 8 heteroatoms. The lowest BCUT2D eigenvalue weighted by molar-refractivity contribution is 0.0723. The lowest BCUT2D eigenvalue weighted by atomic mass is 10.1. The van der Waals surface area contributed by atoms with Gasteiger partial charge in [0.1, 0.15) is 0 Å². The number of nitrogens with zero attached hydrogens (tertiary/aromatic N) is 1. The Labute approximate surface area is 169 Å². The first kappa shape index (κ1) is 20.0. The van der Waals surface area contributed by atoms with E-state index in [1.165, 1.54) is 30.3 Å². The van der Waals surface area contributed by atoms with Crippen molar-refractivity contribution in [1.29, 1.82) is 0 Å². The van der Waals surface area contributed by atoms with Crippen molar-refractivity contribution in [3.8, 4) is 0 Å². The number of benzene rings is 2. The maximum atomic E-state index is 12.8. The van der Waals surface area contributed by atoms with Crippen LogP contribution < -0.4 is 4.72 Å². The minimum absolute atomic E-state index is 0.0181. The van der Waals surface area contributed by atoms with E-state index in [0.717, 1.165) is 24.8 Å². The zero-order valence-electron chi connectivity index (χ0n) is 14.8. The van der Waals surface area contributed by atoms with Gasteiger partial charge in [0.15, 0.2) is 0 Å². The highest BCUT2D eigenvalue weighted by Gasteiger charge is 2.23. The van der Waals surface area contributed by atoms with E-state index in [9.17, 15) is 13.2 Å². The van der Waals surface area contributed by atoms with E-state index < -0.39 is 10.0 Å². The molecule has 0 spiro atoms. The number of carbonyl (C=O) groups excluding carboxylic acids is 1. The van der Waals surface area contributed by atoms with E-state index in [1.807, 2.05) is 0 Å². The molecule has 5 nitrogen and oxygen atoms in total. The first-order chi connectivity index (χ1) is 12.8. The fourth-order valence-corrected chi connectivity index (χ4v) is 4.69. The highest BCUT2D eigenvalue weighted by Crippen LogP contribution is 2.26. The number of anilines is 1. The van der Waals surface area contributed by atoms with Gasteiger partial charge >= 0.3 is 0 Å². The molecule has 1 aliphatic rings. The second-order valence-corrected chi connectivity index (χ2v) is 9.15. The van der Waals surface area contributed by atoms with Crippen LogP contribution in [0.25, 0.3) is 0 Å². The minimum atomic E-state index is -3.89. The standard InChI is InChI=1S/C19H20Cl2N2O3S/c1-13-5-6-17(12-18(13)19(24)23-7-3-2-4-8-23)27(25,26)22-16-10-14(20)9-15(21)11-16/h5-6,9-12,22H,2-4,7-8H2,1H3. The summed E-state index contributed by atoms with van der Waals surface area (Å²) in [5.74, 6) is -0.130. The molecule has 2 aromatic rings. The third-order valence-corrected chi connectivity index (χ3v) is 6.32. The monoisotopic (exact) mass is 426 g/mol. The minimum Gasteiger partial charge on any atom is -0.339 e. The Balaban J connectivity index is 1.90. The summed E-state index contributed by atoms with van der Waals surface area (Å²) in [6.07, 6.45) is 3.06. The molecule has 0 aliphatic carbocycles. The molecule has 0 radical (unpaired) electrons. The molecule has 0 atom stereocenters. The summed E-state index contributed by atoms with van der Waals surface area (Å²) in [6, 6.07) is 9.02. The fourth-order valence-electron chi connectivity index (χ4n) is 3.09. The van der Waals surface area contributed by atoms with Crippen LogP contribution in [-0.4, -0.2) is 32.3 Å². The van der Waals surface area contributed by atoms with Crippen molar-refractivity contribution in [3.05, 3.63) is 57.6 Å². The van der Waals surface area contributed by atoms with Gasteiger partial charge in [0.05, 0.1) is 10.6 Å². The summed E-state index contributed by atoms with van der Waals surface area (Å²) in [6.45, 7) is 3.21. The Morgan fingerprint density at radius 1 is 1.00 bits per heavy atom. The molecule has 1 aliphatic heterocycles. The first-order valence-corrected chi connectivity index (χ1v) is 10.9. The summed E-state index contributed by atoms with van der Waals surface area (Å²) >= 11 is 11.9. The smallest absolute Gasteiger partial charge is 0.261 e. The average Bonchev–Trinajstić information content (AvgIpc) is 2.61. The number of piperidine rings is 1. The normalized spacial score (nSPS) is 14.9. The van der Waals surface area contributed by atoms with E-state index in [0.29, 0.717) is 28.7 Å². The second-order valence-electron chi connectivity index (χ2n) is 6.59. The molecule has 0 bridgehead atoms. The van der Waals surface area contributed by atoms with Gasteiger partial charge in [0.2, 0.25) is 0 Å². The molecular formula is C19H20Cl2N2O3S. The summed E-state index contributed by atoms with van der Waals surface area (Å²) in [7, 11) is -3.89. The van der Waals surface area contributed by atoms with Crippen molar-refractivity contribution in [2.75, 3.05) is 17.8 Å². The SMILES string of the molecule is Cc1ccc(S(=O)(=O)Nc2cc(Cl)cc(Cl)c2)cc1C(=O)N1CCCCC1. The lowest BCUT2D eigenvalue weighted by Gasteiger charge is -2.27. The third kappa shape index (κ3) is 4.75. The van der Waals surface area contributed by atoms with E-state index in [-0.39, 0.29) is 16.5 Å². The Kier molecular flexibility index (Phi) is 5.99. The van der Waals surface area contributed by atoms with E-state index in [2.05, 4.69) is 4.72 Å². The Bertz CT molecular complexity index is 951. The number of carbonyl (C=O) groups is 1. The lowest BCUT2D eigenvalue weighted by Crippen LogP contribution is -2.36. The zero-order chi connectivity index (χ0) is 19.6. The molecule has 1 N–H and O–H groups in total. The quantitative estimate of drug-likeness (QED) is 0.767. The molecule has 1 amide bonds. The van der Waals surface area contributed by atoms with Gasteiger partial charge in [-0.3, -0.25) is 9.52 Å². The molecule has 0 aromatic heterocycles. The van der Waals surface area contributed by atoms with Crippen molar-refractivity contribution < 1.29 is 13.2 Å². The summed E-state index contributed by atoms with van der Waals surface area (Å²) < 4.78 is 28.0. The molecule has 1 saturated heterocycles. The van der Waals surface area contributed by atoms with Gasteiger partial charge in [-0.2, -0.15) is 0 Å². The second kappa shape index (κ2) is 8.09. The number of halogens is 2. The number of aryl methyl sites for hydroxylation is 1. The van der Waals surface area contributed by atoms with Crippen molar-refractivity contribution in [2.24, 2.45) is 0 Å². The predicted molar refractivity (Wildman–Crippen MR) is 108 cm³/mol. The highest BCUT2D eigenvalue weighted by atomic mass is 35.5. The van der Waals surface area contributed by atoms with Crippen LogP contribution in [0.15, 0.2) is 41.3 Å². The van der Waals surface area contributed by atoms with Crippen molar-refractivity contribution in [3.63, 3.8) is 0 Å². The van der Waals surface area contributed by atoms with Crippen LogP contribution in [0.5, 0.6) is 0 Å². The van der Waals surface area contributed by atoms with Gasteiger partial charge in [-0.1, -0.05) is 29.3 Å². The van der Waals surface area contributed by atoms with Crippen molar-refractivity contribution in [1.82, 2.24) is 4.90 Å².